The van der Waals surface area contributed by atoms with Crippen molar-refractivity contribution in [3.63, 3.8) is 0 Å². The number of nitrogens with zero attached hydrogens (tertiary/aromatic N) is 4. The molecular weight excluding hydrogens is 559 g/mol. The highest BCUT2D eigenvalue weighted by Crippen LogP contribution is 2.49. The summed E-state index contributed by atoms with van der Waals surface area (Å²) < 4.78 is 35.2. The number of benzene rings is 2. The maximum Gasteiger partial charge on any atom is 0.346 e. The third kappa shape index (κ3) is 4.69. The van der Waals surface area contributed by atoms with Crippen LogP contribution in [0.5, 0.6) is 11.5 Å². The topological polar surface area (TPSA) is 110 Å². The molecule has 2 aromatic carbocycles. The Morgan fingerprint density at radius 3 is 2.71 bits per heavy atom. The number of halogens is 1. The summed E-state index contributed by atoms with van der Waals surface area (Å²) in [6.45, 7) is 5.52. The Balaban J connectivity index is 1.06. The minimum Gasteiger partial charge on any atom is -0.477 e. The molecule has 0 radical (unpaired) electrons. The molecule has 0 spiro atoms. The van der Waals surface area contributed by atoms with Crippen molar-refractivity contribution >= 4 is 27.7 Å². The van der Waals surface area contributed by atoms with Crippen molar-refractivity contribution in [1.29, 1.82) is 5.26 Å². The third-order valence-corrected chi connectivity index (χ3v) is 9.51. The van der Waals surface area contributed by atoms with Crippen LogP contribution in [-0.2, 0) is 23.6 Å². The number of likely N-dealkylation sites (tertiary alicyclic amines) is 1. The predicted molar refractivity (Wildman–Crippen MR) is 152 cm³/mol. The van der Waals surface area contributed by atoms with Crippen LogP contribution in [0.2, 0.25) is 0 Å². The van der Waals surface area contributed by atoms with E-state index in [9.17, 15) is 14.3 Å². The van der Waals surface area contributed by atoms with Crippen LogP contribution in [0.25, 0.3) is 10.3 Å². The molecule has 2 saturated heterocycles. The number of imidazole rings is 1. The van der Waals surface area contributed by atoms with E-state index in [0.717, 1.165) is 60.7 Å². The van der Waals surface area contributed by atoms with Gasteiger partial charge in [-0.05, 0) is 68.6 Å². The van der Waals surface area contributed by atoms with Crippen molar-refractivity contribution in [1.82, 2.24) is 14.5 Å². The Morgan fingerprint density at radius 1 is 1.21 bits per heavy atom. The normalized spacial score (nSPS) is 22.3. The van der Waals surface area contributed by atoms with Crippen molar-refractivity contribution < 1.29 is 28.5 Å². The first-order valence-electron chi connectivity index (χ1n) is 14.1. The molecule has 3 aliphatic rings. The Bertz CT molecular complexity index is 1730. The fourth-order valence-corrected chi connectivity index (χ4v) is 7.05. The van der Waals surface area contributed by atoms with Crippen molar-refractivity contribution in [2.45, 2.75) is 57.1 Å². The second kappa shape index (κ2) is 10.4. The van der Waals surface area contributed by atoms with E-state index in [1.807, 2.05) is 18.2 Å². The summed E-state index contributed by atoms with van der Waals surface area (Å²) >= 11 is 1.21. The van der Waals surface area contributed by atoms with Gasteiger partial charge in [-0.25, -0.2) is 14.2 Å². The molecule has 0 bridgehead atoms. The predicted octanol–water partition coefficient (Wildman–Crippen LogP) is 5.62. The Kier molecular flexibility index (Phi) is 6.65. The number of aromatic carboxylic acids is 1. The Morgan fingerprint density at radius 2 is 2.02 bits per heavy atom. The number of carbonyl (C=O) groups is 1. The third-order valence-electron chi connectivity index (χ3n) is 8.51. The van der Waals surface area contributed by atoms with E-state index in [4.69, 9.17) is 24.5 Å². The number of para-hydroxylation sites is 1. The smallest absolute Gasteiger partial charge is 0.346 e. The van der Waals surface area contributed by atoms with Gasteiger partial charge in [0.25, 0.3) is 5.79 Å². The molecule has 3 aliphatic heterocycles. The summed E-state index contributed by atoms with van der Waals surface area (Å²) in [5, 5.41) is 18.6. The van der Waals surface area contributed by atoms with Gasteiger partial charge in [0.15, 0.2) is 11.5 Å². The van der Waals surface area contributed by atoms with Gasteiger partial charge in [-0.1, -0.05) is 12.1 Å². The standard InChI is InChI=1S/C31H29FN4O5S/c1-31(22-6-5-18(15-33)13-23(22)32)40-25-4-2-3-21(28(25)41-31)19-7-10-35(11-8-19)17-27-34-29-24(14-26(42-29)30(37)38)36(27)16-20-9-12-39-20/h2-6,13-14,19-20H,7-12,16-17H2,1H3,(H,37,38)/t20-,31+/m0/s1. The van der Waals surface area contributed by atoms with Gasteiger partial charge in [-0.2, -0.15) is 5.26 Å². The summed E-state index contributed by atoms with van der Waals surface area (Å²) in [7, 11) is 0. The Hall–Kier alpha value is -3.98. The second-order valence-electron chi connectivity index (χ2n) is 11.2. The zero-order valence-electron chi connectivity index (χ0n) is 23.0. The molecule has 5 heterocycles. The van der Waals surface area contributed by atoms with Crippen LogP contribution < -0.4 is 9.47 Å². The molecule has 9 nitrogen and oxygen atoms in total. The summed E-state index contributed by atoms with van der Waals surface area (Å²) in [5.41, 5.74) is 2.40. The first-order valence-corrected chi connectivity index (χ1v) is 14.9. The van der Waals surface area contributed by atoms with E-state index in [0.29, 0.717) is 29.5 Å². The monoisotopic (exact) mass is 588 g/mol. The van der Waals surface area contributed by atoms with Crippen LogP contribution >= 0.6 is 11.3 Å². The molecular formula is C31H29FN4O5S. The lowest BCUT2D eigenvalue weighted by atomic mass is 9.88. The molecule has 7 rings (SSSR count). The molecule has 1 N–H and O–H groups in total. The first kappa shape index (κ1) is 26.9. The first-order chi connectivity index (χ1) is 20.3. The summed E-state index contributed by atoms with van der Waals surface area (Å²) in [6, 6.07) is 13.8. The molecule has 0 saturated carbocycles. The summed E-state index contributed by atoms with van der Waals surface area (Å²) in [4.78, 5) is 19.8. The van der Waals surface area contributed by atoms with E-state index < -0.39 is 17.6 Å². The lowest BCUT2D eigenvalue weighted by Gasteiger charge is -2.33. The zero-order valence-corrected chi connectivity index (χ0v) is 23.8. The molecule has 42 heavy (non-hydrogen) atoms. The van der Waals surface area contributed by atoms with Crippen LogP contribution in [0.15, 0.2) is 42.5 Å². The number of thiophene rings is 1. The van der Waals surface area contributed by atoms with Crippen LogP contribution in [0.3, 0.4) is 0 Å². The number of carboxylic acids is 1. The van der Waals surface area contributed by atoms with Gasteiger partial charge in [0.1, 0.15) is 21.3 Å². The van der Waals surface area contributed by atoms with Gasteiger partial charge >= 0.3 is 5.97 Å². The highest BCUT2D eigenvalue weighted by Gasteiger charge is 2.43. The number of hydrogen-bond donors (Lipinski definition) is 1. The van der Waals surface area contributed by atoms with Crippen LogP contribution in [0.4, 0.5) is 4.39 Å². The quantitative estimate of drug-likeness (QED) is 0.296. The SMILES string of the molecule is C[C@@]1(c2ccc(C#N)cc2F)Oc2cccc(C3CCN(Cc4nc5sc(C(=O)O)cc5n4C[C@@H]4CCO4)CC3)c2O1. The fourth-order valence-electron chi connectivity index (χ4n) is 6.16. The summed E-state index contributed by atoms with van der Waals surface area (Å²) in [5.74, 6) is -0.392. The average molecular weight is 589 g/mol. The Labute approximate surface area is 245 Å². The molecule has 2 aromatic heterocycles. The van der Waals surface area contributed by atoms with Crippen LogP contribution in [0, 0.1) is 17.1 Å². The van der Waals surface area contributed by atoms with Crippen molar-refractivity contribution in [3.8, 4) is 17.6 Å². The van der Waals surface area contributed by atoms with E-state index in [-0.39, 0.29) is 23.1 Å². The number of fused-ring (bicyclic) bond motifs is 2. The van der Waals surface area contributed by atoms with Gasteiger partial charge in [0.05, 0.1) is 41.9 Å². The molecule has 2 fully saturated rings. The molecule has 0 aliphatic carbocycles. The zero-order chi connectivity index (χ0) is 29.0. The molecule has 0 amide bonds. The number of ether oxygens (including phenoxy) is 3. The van der Waals surface area contributed by atoms with Gasteiger partial charge in [0, 0.05) is 19.1 Å². The van der Waals surface area contributed by atoms with Gasteiger partial charge in [0.2, 0.25) is 0 Å². The molecule has 2 atom stereocenters. The number of nitriles is 1. The van der Waals surface area contributed by atoms with E-state index in [1.165, 1.54) is 17.4 Å². The maximum atomic E-state index is 14.9. The van der Waals surface area contributed by atoms with E-state index in [1.54, 1.807) is 25.1 Å². The van der Waals surface area contributed by atoms with E-state index >= 15 is 0 Å². The van der Waals surface area contributed by atoms with E-state index in [2.05, 4.69) is 15.5 Å². The number of rotatable bonds is 7. The average Bonchev–Trinajstić information content (AvgIpc) is 3.62. The number of hydrogen-bond acceptors (Lipinski definition) is 8. The lowest BCUT2D eigenvalue weighted by molar-refractivity contribution is -0.0712. The summed E-state index contributed by atoms with van der Waals surface area (Å²) in [6.07, 6.45) is 2.94. The minimum atomic E-state index is -1.33. The molecule has 11 heteroatoms. The van der Waals surface area contributed by atoms with Gasteiger partial charge in [-0.3, -0.25) is 4.90 Å². The van der Waals surface area contributed by atoms with Crippen LogP contribution in [0.1, 0.15) is 64.3 Å². The van der Waals surface area contributed by atoms with Crippen molar-refractivity contribution in [2.75, 3.05) is 19.7 Å². The lowest BCUT2D eigenvalue weighted by Crippen LogP contribution is -2.35. The number of carboxylic acid groups (broad SMARTS) is 1. The van der Waals surface area contributed by atoms with Crippen molar-refractivity contribution in [2.24, 2.45) is 0 Å². The van der Waals surface area contributed by atoms with Crippen molar-refractivity contribution in [3.05, 3.63) is 75.7 Å². The molecule has 216 valence electrons. The number of aromatic nitrogens is 2. The second-order valence-corrected chi connectivity index (χ2v) is 12.2. The van der Waals surface area contributed by atoms with Gasteiger partial charge < -0.3 is 23.9 Å². The fraction of sp³-hybridized carbons (Fsp3) is 0.387. The minimum absolute atomic E-state index is 0.130. The van der Waals surface area contributed by atoms with Gasteiger partial charge in [-0.15, -0.1) is 11.3 Å². The molecule has 0 unspecified atom stereocenters. The maximum absolute atomic E-state index is 14.9. The highest BCUT2D eigenvalue weighted by atomic mass is 32.1. The molecule has 4 aromatic rings. The number of piperidine rings is 1. The highest BCUT2D eigenvalue weighted by molar-refractivity contribution is 7.20. The largest absolute Gasteiger partial charge is 0.477 e. The van der Waals surface area contributed by atoms with Crippen LogP contribution in [-0.4, -0.2) is 51.3 Å².